The maximum atomic E-state index is 10.5. The molecule has 8 nitrogen and oxygen atoms in total. The largest absolute Gasteiger partial charge is 0.542 e. The molecular formula is C13H11F3N4O4S. The van der Waals surface area contributed by atoms with E-state index < -0.39 is 18.1 Å². The van der Waals surface area contributed by atoms with Gasteiger partial charge in [0.2, 0.25) is 5.88 Å². The van der Waals surface area contributed by atoms with Gasteiger partial charge in [-0.3, -0.25) is 4.79 Å². The first kappa shape index (κ1) is 20.3. The van der Waals surface area contributed by atoms with Crippen LogP contribution >= 0.6 is 11.8 Å². The Morgan fingerprint density at radius 1 is 1.28 bits per heavy atom. The fourth-order valence-corrected chi connectivity index (χ4v) is 1.87. The van der Waals surface area contributed by atoms with Crippen LogP contribution < -0.4 is 9.79 Å². The maximum absolute atomic E-state index is 10.5. The van der Waals surface area contributed by atoms with Crippen LogP contribution in [0, 0.1) is 0 Å². The highest BCUT2D eigenvalue weighted by molar-refractivity contribution is 7.98. The standard InChI is InChI=1S/C11H10N4O2S.C2HF3O2/c16-10(17)7-18-8-15-5-2-9(6-14-15)11-12-3-1-4-13-11;3-2(4,5)1(6)7/h1-6H,7-8H2;(H,6,7). The molecule has 134 valence electrons. The molecule has 0 spiro atoms. The van der Waals surface area contributed by atoms with Crippen LogP contribution in [-0.4, -0.2) is 44.0 Å². The number of carboxylic acid groups (broad SMARTS) is 2. The molecule has 0 aliphatic heterocycles. The number of thioether (sulfide) groups is 1. The van der Waals surface area contributed by atoms with Gasteiger partial charge in [-0.05, 0) is 11.2 Å². The number of aromatic nitrogens is 4. The van der Waals surface area contributed by atoms with Crippen LogP contribution in [0.2, 0.25) is 0 Å². The second-order valence-corrected chi connectivity index (χ2v) is 5.14. The van der Waals surface area contributed by atoms with Crippen molar-refractivity contribution >= 4 is 23.7 Å². The van der Waals surface area contributed by atoms with E-state index in [1.165, 1.54) is 11.8 Å². The van der Waals surface area contributed by atoms with Gasteiger partial charge in [-0.1, -0.05) is 16.4 Å². The number of aliphatic carboxylic acids is 2. The summed E-state index contributed by atoms with van der Waals surface area (Å²) in [5.41, 5.74) is 0.829. The number of carbonyl (C=O) groups is 2. The minimum Gasteiger partial charge on any atom is -0.542 e. The van der Waals surface area contributed by atoms with Crippen molar-refractivity contribution in [1.29, 1.82) is 0 Å². The molecule has 2 rings (SSSR count). The van der Waals surface area contributed by atoms with E-state index in [2.05, 4.69) is 15.1 Å². The number of hydrogen-bond donors (Lipinski definition) is 1. The summed E-state index contributed by atoms with van der Waals surface area (Å²) in [6.45, 7) is 0. The molecule has 12 heteroatoms. The first-order chi connectivity index (χ1) is 11.7. The summed E-state index contributed by atoms with van der Waals surface area (Å²) in [6, 6.07) is 3.60. The van der Waals surface area contributed by atoms with Crippen LogP contribution in [0.25, 0.3) is 11.4 Å². The van der Waals surface area contributed by atoms with Gasteiger partial charge in [0.25, 0.3) is 0 Å². The topological polar surface area (TPSA) is 120 Å². The quantitative estimate of drug-likeness (QED) is 0.719. The van der Waals surface area contributed by atoms with E-state index in [-0.39, 0.29) is 5.75 Å². The molecule has 0 saturated heterocycles. The number of halogens is 3. The zero-order valence-electron chi connectivity index (χ0n) is 12.4. The zero-order valence-corrected chi connectivity index (χ0v) is 13.2. The molecule has 0 saturated carbocycles. The molecule has 0 aliphatic carbocycles. The minimum atomic E-state index is -5.19. The molecule has 0 aromatic carbocycles. The number of carboxylic acids is 2. The molecule has 2 aromatic rings. The molecule has 0 fully saturated rings. The van der Waals surface area contributed by atoms with Crippen molar-refractivity contribution in [2.24, 2.45) is 0 Å². The Bertz CT molecular complexity index is 699. The molecule has 2 aromatic heterocycles. The maximum Gasteiger partial charge on any atom is 0.430 e. The smallest absolute Gasteiger partial charge is 0.430 e. The number of rotatable bonds is 5. The second kappa shape index (κ2) is 9.52. The van der Waals surface area contributed by atoms with Gasteiger partial charge in [-0.2, -0.15) is 13.2 Å². The van der Waals surface area contributed by atoms with Crippen molar-refractivity contribution in [1.82, 2.24) is 15.1 Å². The lowest BCUT2D eigenvalue weighted by atomic mass is 10.3. The van der Waals surface area contributed by atoms with E-state index >= 15 is 0 Å². The number of hydrogen-bond acceptors (Lipinski definition) is 7. The van der Waals surface area contributed by atoms with E-state index in [9.17, 15) is 18.0 Å². The van der Waals surface area contributed by atoms with Crippen molar-refractivity contribution in [3.8, 4) is 11.4 Å². The number of carbonyl (C=O) groups excluding carboxylic acids is 1. The summed E-state index contributed by atoms with van der Waals surface area (Å²) in [4.78, 5) is 27.4. The Hall–Kier alpha value is -2.76. The van der Waals surface area contributed by atoms with Gasteiger partial charge in [-0.25, -0.2) is 9.97 Å². The molecule has 0 radical (unpaired) electrons. The van der Waals surface area contributed by atoms with E-state index in [0.29, 0.717) is 11.7 Å². The molecule has 0 unspecified atom stereocenters. The molecule has 25 heavy (non-hydrogen) atoms. The fraction of sp³-hybridized carbons (Fsp3) is 0.231. The summed E-state index contributed by atoms with van der Waals surface area (Å²) in [6.07, 6.45) is 1.59. The highest BCUT2D eigenvalue weighted by Gasteiger charge is 2.28. The summed E-state index contributed by atoms with van der Waals surface area (Å²) in [7, 11) is 0. The fourth-order valence-electron chi connectivity index (χ4n) is 1.27. The van der Waals surface area contributed by atoms with Gasteiger partial charge in [-0.15, -0.1) is 0 Å². The highest BCUT2D eigenvalue weighted by Crippen LogP contribution is 2.11. The lowest BCUT2D eigenvalue weighted by molar-refractivity contribution is -0.734. The van der Waals surface area contributed by atoms with Crippen molar-refractivity contribution < 1.29 is 37.7 Å². The van der Waals surface area contributed by atoms with Crippen LogP contribution in [-0.2, 0) is 15.5 Å². The SMILES string of the molecule is O=C(O)CSC[n+]1ccc(-c2ncccn2)cn1.O=C([O-])C(F)(F)F. The van der Waals surface area contributed by atoms with Crippen LogP contribution in [0.15, 0.2) is 36.9 Å². The van der Waals surface area contributed by atoms with Crippen molar-refractivity contribution in [3.05, 3.63) is 36.9 Å². The lowest BCUT2D eigenvalue weighted by Crippen LogP contribution is -2.37. The number of alkyl halides is 3. The van der Waals surface area contributed by atoms with Gasteiger partial charge >= 0.3 is 12.1 Å². The summed E-state index contributed by atoms with van der Waals surface area (Å²) >= 11 is 1.29. The third-order valence-electron chi connectivity index (χ3n) is 2.28. The first-order valence-electron chi connectivity index (χ1n) is 6.41. The normalized spacial score (nSPS) is 10.5. The van der Waals surface area contributed by atoms with E-state index in [0.717, 1.165) is 5.56 Å². The average Bonchev–Trinajstić information content (AvgIpc) is 2.56. The summed E-state index contributed by atoms with van der Waals surface area (Å²) in [5, 5.41) is 21.5. The van der Waals surface area contributed by atoms with Crippen LogP contribution in [0.3, 0.4) is 0 Å². The Kier molecular flexibility index (Phi) is 7.72. The Labute approximate surface area is 143 Å². The Balaban J connectivity index is 0.000000381. The average molecular weight is 376 g/mol. The van der Waals surface area contributed by atoms with E-state index in [4.69, 9.17) is 15.0 Å². The van der Waals surface area contributed by atoms with Gasteiger partial charge in [0, 0.05) is 24.0 Å². The van der Waals surface area contributed by atoms with Crippen molar-refractivity contribution in [2.75, 3.05) is 5.75 Å². The predicted octanol–water partition coefficient (Wildman–Crippen LogP) is -0.100. The predicted molar refractivity (Wildman–Crippen MR) is 76.6 cm³/mol. The minimum absolute atomic E-state index is 0.0677. The van der Waals surface area contributed by atoms with E-state index in [1.807, 2.05) is 6.07 Å². The molecular weight excluding hydrogens is 365 g/mol. The van der Waals surface area contributed by atoms with Gasteiger partial charge < -0.3 is 15.0 Å². The van der Waals surface area contributed by atoms with E-state index in [1.54, 1.807) is 35.5 Å². The molecule has 2 heterocycles. The van der Waals surface area contributed by atoms with Crippen LogP contribution in [0.5, 0.6) is 0 Å². The van der Waals surface area contributed by atoms with Gasteiger partial charge in [0.1, 0.15) is 12.2 Å². The van der Waals surface area contributed by atoms with Gasteiger partial charge in [0.15, 0.2) is 12.0 Å². The molecule has 0 amide bonds. The molecule has 0 bridgehead atoms. The third kappa shape index (κ3) is 8.06. The van der Waals surface area contributed by atoms with Crippen LogP contribution in [0.1, 0.15) is 0 Å². The monoisotopic (exact) mass is 376 g/mol. The van der Waals surface area contributed by atoms with Crippen LogP contribution in [0.4, 0.5) is 13.2 Å². The van der Waals surface area contributed by atoms with Crippen molar-refractivity contribution in [2.45, 2.75) is 12.1 Å². The molecule has 0 aliphatic rings. The molecule has 1 N–H and O–H groups in total. The zero-order chi connectivity index (χ0) is 18.9. The Morgan fingerprint density at radius 3 is 2.32 bits per heavy atom. The van der Waals surface area contributed by atoms with Gasteiger partial charge in [0.05, 0.1) is 5.75 Å². The highest BCUT2D eigenvalue weighted by atomic mass is 32.2. The third-order valence-corrected chi connectivity index (χ3v) is 3.17. The lowest BCUT2D eigenvalue weighted by Gasteiger charge is -2.03. The number of nitrogens with zero attached hydrogens (tertiary/aromatic N) is 4. The summed E-state index contributed by atoms with van der Waals surface area (Å²) < 4.78 is 33.2. The first-order valence-corrected chi connectivity index (χ1v) is 7.56. The second-order valence-electron chi connectivity index (χ2n) is 4.18. The van der Waals surface area contributed by atoms with Crippen molar-refractivity contribution in [3.63, 3.8) is 0 Å². The molecule has 0 atom stereocenters. The Morgan fingerprint density at radius 2 is 1.88 bits per heavy atom. The summed E-state index contributed by atoms with van der Waals surface area (Å²) in [5.74, 6) is -2.64.